The van der Waals surface area contributed by atoms with Gasteiger partial charge < -0.3 is 33.2 Å². The number of fused-ring (bicyclic) bond motifs is 6. The Morgan fingerprint density at radius 1 is 0.641 bits per heavy atom. The van der Waals surface area contributed by atoms with E-state index in [9.17, 15) is 24.0 Å². The number of allylic oxidation sites excluding steroid dienone is 2. The zero-order chi connectivity index (χ0) is 46.6. The van der Waals surface area contributed by atoms with E-state index < -0.39 is 48.5 Å². The Morgan fingerprint density at radius 2 is 1.28 bits per heavy atom. The molecular formula is C52H72O12. The van der Waals surface area contributed by atoms with Gasteiger partial charge in [-0.1, -0.05) is 72.2 Å². The zero-order valence-corrected chi connectivity index (χ0v) is 40.0. The highest BCUT2D eigenvalue weighted by atomic mass is 16.7. The van der Waals surface area contributed by atoms with Crippen molar-refractivity contribution in [3.8, 4) is 5.75 Å². The van der Waals surface area contributed by atoms with E-state index in [0.717, 1.165) is 57.8 Å². The average Bonchev–Trinajstić information content (AvgIpc) is 3.35. The van der Waals surface area contributed by atoms with Crippen molar-refractivity contribution in [3.63, 3.8) is 0 Å². The average molecular weight is 889 g/mol. The minimum atomic E-state index is -1.25. The predicted octanol–water partition coefficient (Wildman–Crippen LogP) is 9.51. The van der Waals surface area contributed by atoms with Crippen LogP contribution in [0.2, 0.25) is 0 Å². The second kappa shape index (κ2) is 18.0. The van der Waals surface area contributed by atoms with Crippen molar-refractivity contribution in [1.29, 1.82) is 0 Å². The molecule has 0 bridgehead atoms. The van der Waals surface area contributed by atoms with Crippen LogP contribution in [0.25, 0.3) is 6.08 Å². The molecule has 5 fully saturated rings. The van der Waals surface area contributed by atoms with E-state index in [0.29, 0.717) is 35.0 Å². The van der Waals surface area contributed by atoms with Crippen LogP contribution in [0.1, 0.15) is 146 Å². The van der Waals surface area contributed by atoms with Crippen LogP contribution in [0.4, 0.5) is 0 Å². The van der Waals surface area contributed by atoms with E-state index in [1.165, 1.54) is 40.2 Å². The topological polar surface area (TPSA) is 150 Å². The molecule has 352 valence electrons. The monoisotopic (exact) mass is 889 g/mol. The molecule has 0 amide bonds. The second-order valence-electron chi connectivity index (χ2n) is 21.9. The maximum atomic E-state index is 13.6. The molecule has 6 aliphatic rings. The van der Waals surface area contributed by atoms with Crippen molar-refractivity contribution in [3.05, 3.63) is 47.6 Å². The largest absolute Gasteiger partial charge is 0.462 e. The number of carbonyl (C=O) groups excluding carboxylic acids is 5. The molecule has 1 aromatic carbocycles. The third kappa shape index (κ3) is 9.20. The number of hydrogen-bond acceptors (Lipinski definition) is 12. The van der Waals surface area contributed by atoms with Crippen LogP contribution in [-0.2, 0) is 52.4 Å². The molecule has 13 unspecified atom stereocenters. The first kappa shape index (κ1) is 47.9. The summed E-state index contributed by atoms with van der Waals surface area (Å²) in [6, 6.07) is 6.62. The van der Waals surface area contributed by atoms with Crippen LogP contribution in [-0.4, -0.2) is 73.3 Å². The summed E-state index contributed by atoms with van der Waals surface area (Å²) < 4.78 is 41.7. The predicted molar refractivity (Wildman–Crippen MR) is 238 cm³/mol. The molecule has 0 radical (unpaired) electrons. The van der Waals surface area contributed by atoms with Gasteiger partial charge in [0.25, 0.3) is 0 Å². The molecule has 13 atom stereocenters. The van der Waals surface area contributed by atoms with Gasteiger partial charge in [-0.3, -0.25) is 19.2 Å². The van der Waals surface area contributed by atoms with E-state index >= 15 is 0 Å². The molecule has 1 aliphatic heterocycles. The molecule has 0 aromatic heterocycles. The fraction of sp³-hybridized carbons (Fsp3) is 0.712. The highest BCUT2D eigenvalue weighted by Gasteiger charge is 2.64. The van der Waals surface area contributed by atoms with Gasteiger partial charge in [-0.25, -0.2) is 4.79 Å². The highest BCUT2D eigenvalue weighted by molar-refractivity contribution is 5.87. The van der Waals surface area contributed by atoms with Crippen LogP contribution in [0.3, 0.4) is 0 Å². The van der Waals surface area contributed by atoms with Crippen LogP contribution < -0.4 is 4.74 Å². The number of benzene rings is 1. The normalized spacial score (nSPS) is 38.6. The van der Waals surface area contributed by atoms with E-state index in [4.69, 9.17) is 33.2 Å². The Kier molecular flexibility index (Phi) is 13.5. The third-order valence-corrected chi connectivity index (χ3v) is 17.2. The summed E-state index contributed by atoms with van der Waals surface area (Å²) in [5.74, 6) is -0.420. The molecule has 12 heteroatoms. The van der Waals surface area contributed by atoms with Gasteiger partial charge in [0.2, 0.25) is 0 Å². The smallest absolute Gasteiger partial charge is 0.331 e. The minimum absolute atomic E-state index is 0.0537. The summed E-state index contributed by atoms with van der Waals surface area (Å²) >= 11 is 0. The zero-order valence-electron chi connectivity index (χ0n) is 40.0. The fourth-order valence-electron chi connectivity index (χ4n) is 14.5. The quantitative estimate of drug-likeness (QED) is 0.0580. The molecule has 1 aromatic rings. The molecule has 1 saturated heterocycles. The van der Waals surface area contributed by atoms with Gasteiger partial charge in [0, 0.05) is 39.2 Å². The first-order valence-corrected chi connectivity index (χ1v) is 23.6. The molecular weight excluding hydrogens is 817 g/mol. The Bertz CT molecular complexity index is 2020. The molecule has 0 spiro atoms. The third-order valence-electron chi connectivity index (χ3n) is 17.2. The lowest BCUT2D eigenvalue weighted by Crippen LogP contribution is -2.62. The van der Waals surface area contributed by atoms with Crippen molar-refractivity contribution in [2.24, 2.45) is 50.7 Å². The van der Waals surface area contributed by atoms with Crippen LogP contribution >= 0.6 is 0 Å². The number of esters is 5. The highest BCUT2D eigenvalue weighted by Crippen LogP contribution is 2.70. The van der Waals surface area contributed by atoms with Crippen molar-refractivity contribution in [1.82, 2.24) is 0 Å². The summed E-state index contributed by atoms with van der Waals surface area (Å²) in [6.07, 6.45) is 10.9. The van der Waals surface area contributed by atoms with Crippen molar-refractivity contribution < 1.29 is 57.1 Å². The van der Waals surface area contributed by atoms with Crippen molar-refractivity contribution in [2.75, 3.05) is 6.61 Å². The second-order valence-corrected chi connectivity index (χ2v) is 21.9. The van der Waals surface area contributed by atoms with Crippen molar-refractivity contribution >= 4 is 35.9 Å². The SMILES string of the molecule is CC(=O)Oc1ccc(C=CC(=O)OC2C(OC3CCC4(C)C5CCC6C(=CCC7C(C)(C)C(OC(C)=O)CCC67C)CC5(C)CCC4C3(C)C)OCC(OC(C)=O)C2OC(C)=O)cc1. The Hall–Kier alpha value is -4.03. The Labute approximate surface area is 379 Å². The molecule has 0 N–H and O–H groups in total. The summed E-state index contributed by atoms with van der Waals surface area (Å²) in [6.45, 7) is 22.1. The lowest BCUT2D eigenvalue weighted by molar-refractivity contribution is -0.310. The van der Waals surface area contributed by atoms with E-state index in [-0.39, 0.29) is 51.9 Å². The van der Waals surface area contributed by atoms with Gasteiger partial charge >= 0.3 is 29.8 Å². The van der Waals surface area contributed by atoms with Gasteiger partial charge in [-0.2, -0.15) is 0 Å². The van der Waals surface area contributed by atoms with Crippen molar-refractivity contribution in [2.45, 2.75) is 177 Å². The minimum Gasteiger partial charge on any atom is -0.462 e. The Balaban J connectivity index is 1.10. The molecule has 7 rings (SSSR count). The fourth-order valence-corrected chi connectivity index (χ4v) is 14.5. The van der Waals surface area contributed by atoms with E-state index in [1.54, 1.807) is 35.9 Å². The number of carbonyl (C=O) groups is 5. The van der Waals surface area contributed by atoms with Crippen LogP contribution in [0.5, 0.6) is 5.75 Å². The molecule has 1 heterocycles. The van der Waals surface area contributed by atoms with Gasteiger partial charge in [0.15, 0.2) is 24.6 Å². The summed E-state index contributed by atoms with van der Waals surface area (Å²) in [5.41, 5.74) is 2.25. The Morgan fingerprint density at radius 3 is 1.94 bits per heavy atom. The first-order valence-electron chi connectivity index (χ1n) is 23.6. The maximum Gasteiger partial charge on any atom is 0.331 e. The molecule has 5 aliphatic carbocycles. The van der Waals surface area contributed by atoms with E-state index in [1.807, 2.05) is 0 Å². The van der Waals surface area contributed by atoms with Gasteiger partial charge in [-0.05, 0) is 133 Å². The molecule has 4 saturated carbocycles. The molecule has 64 heavy (non-hydrogen) atoms. The summed E-state index contributed by atoms with van der Waals surface area (Å²) in [4.78, 5) is 61.8. The van der Waals surface area contributed by atoms with Gasteiger partial charge in [0.05, 0.1) is 12.7 Å². The lowest BCUT2D eigenvalue weighted by Gasteiger charge is -2.64. The molecule has 12 nitrogen and oxygen atoms in total. The number of hydrogen-bond donors (Lipinski definition) is 0. The van der Waals surface area contributed by atoms with Gasteiger partial charge in [0.1, 0.15) is 11.9 Å². The van der Waals surface area contributed by atoms with E-state index in [2.05, 4.69) is 54.5 Å². The summed E-state index contributed by atoms with van der Waals surface area (Å²) in [7, 11) is 0. The van der Waals surface area contributed by atoms with Crippen LogP contribution in [0.15, 0.2) is 42.0 Å². The number of rotatable bonds is 9. The maximum absolute atomic E-state index is 13.6. The van der Waals surface area contributed by atoms with Gasteiger partial charge in [-0.15, -0.1) is 0 Å². The lowest BCUT2D eigenvalue weighted by atomic mass is 9.42. The standard InChI is InChI=1S/C52H72O12/c1-30(53)59-36-16-12-34(13-17-36)14-21-44(57)64-46-45(62-33(4)56)38(60-31(2)54)29-58-47(46)63-43-24-27-52(11)40(49(43,7)8)22-25-50(9)28-35-15-19-39-48(5,6)42(61-32(3)55)23-26-51(39,10)37(35)18-20-41(50)52/h12-17,21,37-43,45-47H,18-20,22-29H2,1-11H3. The van der Waals surface area contributed by atoms with Crippen LogP contribution in [0, 0.1) is 50.7 Å². The summed E-state index contributed by atoms with van der Waals surface area (Å²) in [5, 5.41) is 0. The number of ether oxygens (including phenoxy) is 7. The first-order chi connectivity index (χ1) is 30.0.